The Labute approximate surface area is 90.4 Å². The Morgan fingerprint density at radius 1 is 1.07 bits per heavy atom. The number of rotatable bonds is 0. The van der Waals surface area contributed by atoms with Crippen LogP contribution < -0.4 is 5.32 Å². The van der Waals surface area contributed by atoms with Gasteiger partial charge in [0.2, 0.25) is 10.3 Å². The van der Waals surface area contributed by atoms with Crippen LogP contribution in [0.5, 0.6) is 0 Å². The molecule has 0 unspecified atom stereocenters. The molecule has 15 heavy (non-hydrogen) atoms. The van der Waals surface area contributed by atoms with Crippen LogP contribution in [0.25, 0.3) is 0 Å². The summed E-state index contributed by atoms with van der Waals surface area (Å²) in [6.07, 6.45) is 0. The second-order valence-corrected chi connectivity index (χ2v) is 3.75. The lowest BCUT2D eigenvalue weighted by Gasteiger charge is -2.11. The zero-order valence-corrected chi connectivity index (χ0v) is 9.03. The predicted molar refractivity (Wildman–Crippen MR) is 59.2 cm³/mol. The molecule has 0 atom stereocenters. The highest BCUT2D eigenvalue weighted by molar-refractivity contribution is 7.72. The zero-order chi connectivity index (χ0) is 10.9. The quantitative estimate of drug-likeness (QED) is 0.648. The van der Waals surface area contributed by atoms with E-state index in [-0.39, 0.29) is 11.6 Å². The van der Waals surface area contributed by atoms with Crippen LogP contribution in [0.3, 0.4) is 0 Å². The first-order chi connectivity index (χ1) is 7.30. The second-order valence-electron chi connectivity index (χ2n) is 2.79. The zero-order valence-electron chi connectivity index (χ0n) is 8.22. The molecule has 4 nitrogen and oxygen atoms in total. The van der Waals surface area contributed by atoms with Crippen molar-refractivity contribution in [3.8, 4) is 0 Å². The van der Waals surface area contributed by atoms with Crippen molar-refractivity contribution in [3.63, 3.8) is 0 Å². The fraction of sp³-hybridized carbons (Fsp3) is 0.300. The summed E-state index contributed by atoms with van der Waals surface area (Å²) >= 11 is 0. The van der Waals surface area contributed by atoms with E-state index in [4.69, 9.17) is 4.74 Å². The van der Waals surface area contributed by atoms with Crippen molar-refractivity contribution in [1.82, 2.24) is 5.32 Å². The van der Waals surface area contributed by atoms with E-state index < -0.39 is 10.3 Å². The lowest BCUT2D eigenvalue weighted by Crippen LogP contribution is -2.37. The first-order valence-electron chi connectivity index (χ1n) is 4.57. The monoisotopic (exact) mass is 227 g/mol. The van der Waals surface area contributed by atoms with Crippen molar-refractivity contribution < 1.29 is 13.2 Å². The fourth-order valence-electron chi connectivity index (χ4n) is 0.970. The Morgan fingerprint density at radius 2 is 1.60 bits per heavy atom. The molecule has 1 aliphatic heterocycles. The Bertz CT molecular complexity index is 357. The summed E-state index contributed by atoms with van der Waals surface area (Å²) in [5.74, 6) is 0. The van der Waals surface area contributed by atoms with E-state index in [1.54, 1.807) is 0 Å². The Kier molecular flexibility index (Phi) is 5.69. The molecule has 1 saturated heterocycles. The van der Waals surface area contributed by atoms with Gasteiger partial charge in [-0.15, -0.1) is 0 Å². The van der Waals surface area contributed by atoms with Crippen LogP contribution in [0, 0.1) is 0 Å². The molecule has 1 aromatic rings. The summed E-state index contributed by atoms with van der Waals surface area (Å²) < 4.78 is 25.2. The van der Waals surface area contributed by atoms with Crippen LogP contribution in [-0.4, -0.2) is 33.2 Å². The van der Waals surface area contributed by atoms with Gasteiger partial charge < -0.3 is 4.74 Å². The van der Waals surface area contributed by atoms with Gasteiger partial charge in [-0.2, -0.15) is 8.42 Å². The van der Waals surface area contributed by atoms with Crippen LogP contribution in [-0.2, 0) is 15.0 Å². The molecule has 1 heterocycles. The smallest absolute Gasteiger partial charge is 0.230 e. The summed E-state index contributed by atoms with van der Waals surface area (Å²) in [5, 5.41) is 2.70. The van der Waals surface area contributed by atoms with Gasteiger partial charge in [0.15, 0.2) is 0 Å². The molecule has 1 fully saturated rings. The van der Waals surface area contributed by atoms with E-state index in [9.17, 15) is 8.42 Å². The minimum absolute atomic E-state index is 0.191. The molecule has 2 rings (SSSR count). The van der Waals surface area contributed by atoms with E-state index in [0.717, 1.165) is 0 Å². The van der Waals surface area contributed by atoms with E-state index in [2.05, 4.69) is 5.32 Å². The van der Waals surface area contributed by atoms with Gasteiger partial charge in [0.1, 0.15) is 4.99 Å². The van der Waals surface area contributed by atoms with Gasteiger partial charge in [-0.25, -0.2) is 0 Å². The van der Waals surface area contributed by atoms with Gasteiger partial charge in [-0.1, -0.05) is 36.4 Å². The largest absolute Gasteiger partial charge is 0.373 e. The average Bonchev–Trinajstić information content (AvgIpc) is 2.33. The van der Waals surface area contributed by atoms with Crippen LogP contribution in [0.1, 0.15) is 0 Å². The van der Waals surface area contributed by atoms with Crippen LogP contribution in [0.2, 0.25) is 0 Å². The first kappa shape index (κ1) is 11.9. The van der Waals surface area contributed by atoms with Gasteiger partial charge in [-0.05, 0) is 0 Å². The molecule has 1 aliphatic rings. The maximum atomic E-state index is 10.2. The minimum atomic E-state index is -2.12. The lowest BCUT2D eigenvalue weighted by atomic mass is 10.4. The third-order valence-electron chi connectivity index (χ3n) is 1.67. The molecule has 0 aromatic heterocycles. The Hall–Kier alpha value is -1.17. The number of hydrogen-bond acceptors (Lipinski definition) is 3. The summed E-state index contributed by atoms with van der Waals surface area (Å²) in [7, 11) is -2.12. The number of nitrogens with one attached hydrogen (secondary N) is 1. The van der Waals surface area contributed by atoms with Crippen molar-refractivity contribution in [2.24, 2.45) is 0 Å². The third kappa shape index (κ3) is 5.31. The summed E-state index contributed by atoms with van der Waals surface area (Å²) in [6, 6.07) is 12.0. The van der Waals surface area contributed by atoms with Gasteiger partial charge in [0.25, 0.3) is 0 Å². The molecule has 5 heteroatoms. The predicted octanol–water partition coefficient (Wildman–Crippen LogP) is 0.302. The summed E-state index contributed by atoms with van der Waals surface area (Å²) in [5.41, 5.74) is 0. The van der Waals surface area contributed by atoms with Gasteiger partial charge in [0.05, 0.1) is 13.2 Å². The van der Waals surface area contributed by atoms with Gasteiger partial charge in [0, 0.05) is 6.54 Å². The molecule has 0 spiro atoms. The van der Waals surface area contributed by atoms with Crippen molar-refractivity contribution in [2.45, 2.75) is 0 Å². The molecule has 82 valence electrons. The second kappa shape index (κ2) is 7.17. The topological polar surface area (TPSA) is 55.4 Å². The Balaban J connectivity index is 0.000000162. The third-order valence-corrected chi connectivity index (χ3v) is 2.33. The lowest BCUT2D eigenvalue weighted by molar-refractivity contribution is 0.161. The fourth-order valence-corrected chi connectivity index (χ4v) is 1.37. The number of benzene rings is 1. The highest BCUT2D eigenvalue weighted by Crippen LogP contribution is 1.82. The first-order valence-corrected chi connectivity index (χ1v) is 5.65. The normalized spacial score (nSPS) is 15.1. The minimum Gasteiger partial charge on any atom is -0.373 e. The SMILES string of the molecule is O=S(=O)=C1COCCN1.c1ccccc1. The van der Waals surface area contributed by atoms with Crippen molar-refractivity contribution in [1.29, 1.82) is 0 Å². The number of morpholine rings is 1. The van der Waals surface area contributed by atoms with Crippen molar-refractivity contribution in [3.05, 3.63) is 36.4 Å². The van der Waals surface area contributed by atoms with Crippen LogP contribution in [0.4, 0.5) is 0 Å². The van der Waals surface area contributed by atoms with Gasteiger partial charge >= 0.3 is 0 Å². The number of ether oxygens (including phenoxy) is 1. The molecule has 0 bridgehead atoms. The van der Waals surface area contributed by atoms with Crippen molar-refractivity contribution in [2.75, 3.05) is 19.8 Å². The maximum absolute atomic E-state index is 10.2. The highest BCUT2D eigenvalue weighted by atomic mass is 32.2. The summed E-state index contributed by atoms with van der Waals surface area (Å²) in [4.78, 5) is 0.251. The van der Waals surface area contributed by atoms with E-state index in [1.165, 1.54) is 0 Å². The molecule has 0 saturated carbocycles. The van der Waals surface area contributed by atoms with Crippen molar-refractivity contribution >= 4 is 15.3 Å². The van der Waals surface area contributed by atoms with Crippen LogP contribution >= 0.6 is 0 Å². The molecular formula is C10H13NO3S. The van der Waals surface area contributed by atoms with E-state index >= 15 is 0 Å². The molecule has 0 amide bonds. The maximum Gasteiger partial charge on any atom is 0.230 e. The molecule has 1 aromatic carbocycles. The van der Waals surface area contributed by atoms with E-state index in [1.807, 2.05) is 36.4 Å². The van der Waals surface area contributed by atoms with Crippen LogP contribution in [0.15, 0.2) is 36.4 Å². The highest BCUT2D eigenvalue weighted by Gasteiger charge is 2.05. The standard InChI is InChI=1S/C6H6.C4H7NO3S/c1-2-4-6-5-3-1;6-9(7)4-3-8-2-1-5-4/h1-6H;5H,1-3H2. The molecular weight excluding hydrogens is 214 g/mol. The van der Waals surface area contributed by atoms with E-state index in [0.29, 0.717) is 13.2 Å². The number of hydrogen-bond donors (Lipinski definition) is 1. The molecule has 0 aliphatic carbocycles. The average molecular weight is 227 g/mol. The summed E-state index contributed by atoms with van der Waals surface area (Å²) in [6.45, 7) is 1.36. The molecule has 0 radical (unpaired) electrons. The van der Waals surface area contributed by atoms with Gasteiger partial charge in [-0.3, -0.25) is 5.32 Å². The Morgan fingerprint density at radius 3 is 1.87 bits per heavy atom. The molecule has 1 N–H and O–H groups in total.